The van der Waals surface area contributed by atoms with Crippen molar-refractivity contribution in [2.75, 3.05) is 19.7 Å². The Hall–Kier alpha value is -2.33. The second-order valence-corrected chi connectivity index (χ2v) is 8.61. The van der Waals surface area contributed by atoms with E-state index < -0.39 is 0 Å². The van der Waals surface area contributed by atoms with Gasteiger partial charge in [-0.25, -0.2) is 4.98 Å². The molecule has 2 aromatic carbocycles. The summed E-state index contributed by atoms with van der Waals surface area (Å²) < 4.78 is 8.50. The Kier molecular flexibility index (Phi) is 7.06. The van der Waals surface area contributed by atoms with E-state index in [0.717, 1.165) is 43.8 Å². The molecule has 4 nitrogen and oxygen atoms in total. The molecule has 4 heteroatoms. The first-order valence-electron chi connectivity index (χ1n) is 11.6. The van der Waals surface area contributed by atoms with Crippen LogP contribution in [0.5, 0.6) is 5.75 Å². The van der Waals surface area contributed by atoms with Gasteiger partial charge in [0.2, 0.25) is 0 Å². The van der Waals surface area contributed by atoms with Gasteiger partial charge in [-0.1, -0.05) is 37.1 Å². The number of hydrogen-bond donors (Lipinski definition) is 0. The number of hydrogen-bond acceptors (Lipinski definition) is 3. The van der Waals surface area contributed by atoms with Crippen LogP contribution in [0.1, 0.15) is 55.5 Å². The zero-order chi connectivity index (χ0) is 20.8. The molecule has 4 rings (SSSR count). The van der Waals surface area contributed by atoms with E-state index in [1.54, 1.807) is 0 Å². The third kappa shape index (κ3) is 5.04. The maximum atomic E-state index is 6.06. The van der Waals surface area contributed by atoms with E-state index in [1.165, 1.54) is 61.2 Å². The number of likely N-dealkylation sites (tertiary alicyclic amines) is 1. The lowest BCUT2D eigenvalue weighted by molar-refractivity contribution is 0.264. The van der Waals surface area contributed by atoms with Crippen LogP contribution < -0.4 is 4.74 Å². The fraction of sp³-hybridized carbons (Fsp3) is 0.500. The van der Waals surface area contributed by atoms with Gasteiger partial charge >= 0.3 is 0 Å². The molecule has 0 radical (unpaired) electrons. The lowest BCUT2D eigenvalue weighted by atomic mass is 10.1. The molecule has 1 aliphatic rings. The van der Waals surface area contributed by atoms with Gasteiger partial charge in [-0.2, -0.15) is 0 Å². The van der Waals surface area contributed by atoms with Gasteiger partial charge in [0.15, 0.2) is 0 Å². The topological polar surface area (TPSA) is 30.3 Å². The molecular formula is C26H35N3O. The van der Waals surface area contributed by atoms with Crippen molar-refractivity contribution in [1.82, 2.24) is 14.5 Å². The van der Waals surface area contributed by atoms with E-state index in [0.29, 0.717) is 0 Å². The van der Waals surface area contributed by atoms with Crippen LogP contribution in [0.15, 0.2) is 42.5 Å². The number of benzene rings is 2. The van der Waals surface area contributed by atoms with Crippen LogP contribution in [0.4, 0.5) is 0 Å². The lowest BCUT2D eigenvalue weighted by Gasteiger charge is -2.20. The Morgan fingerprint density at radius 3 is 2.53 bits per heavy atom. The summed E-state index contributed by atoms with van der Waals surface area (Å²) in [7, 11) is 0. The second-order valence-electron chi connectivity index (χ2n) is 8.61. The predicted octanol–water partition coefficient (Wildman–Crippen LogP) is 5.89. The number of unbranched alkanes of at least 4 members (excludes halogenated alkanes) is 1. The van der Waals surface area contributed by atoms with Crippen LogP contribution in [0, 0.1) is 13.8 Å². The van der Waals surface area contributed by atoms with Gasteiger partial charge in [0.1, 0.15) is 11.6 Å². The summed E-state index contributed by atoms with van der Waals surface area (Å²) in [6.45, 7) is 9.40. The zero-order valence-corrected chi connectivity index (χ0v) is 18.6. The molecule has 30 heavy (non-hydrogen) atoms. The zero-order valence-electron chi connectivity index (χ0n) is 18.6. The van der Waals surface area contributed by atoms with Crippen molar-refractivity contribution in [3.05, 3.63) is 59.4 Å². The predicted molar refractivity (Wildman–Crippen MR) is 124 cm³/mol. The van der Waals surface area contributed by atoms with Gasteiger partial charge in [0, 0.05) is 6.54 Å². The molecule has 160 valence electrons. The van der Waals surface area contributed by atoms with E-state index >= 15 is 0 Å². The van der Waals surface area contributed by atoms with Crippen LogP contribution in [0.25, 0.3) is 11.0 Å². The largest absolute Gasteiger partial charge is 0.493 e. The molecule has 1 aromatic heterocycles. The van der Waals surface area contributed by atoms with Crippen LogP contribution in [0.3, 0.4) is 0 Å². The van der Waals surface area contributed by atoms with Crippen molar-refractivity contribution >= 4 is 11.0 Å². The standard InChI is InChI=1S/C26H35N3O/c1-21-12-11-15-25(22(21)2)30-19-10-9-18-29-24-14-6-5-13-23(24)27-26(29)20-28-16-7-3-4-8-17-28/h5-6,11-15H,3-4,7-10,16-20H2,1-2H3. The van der Waals surface area contributed by atoms with Crippen molar-refractivity contribution in [3.8, 4) is 5.75 Å². The molecule has 0 N–H and O–H groups in total. The van der Waals surface area contributed by atoms with E-state index in [1.807, 2.05) is 0 Å². The van der Waals surface area contributed by atoms with Crippen molar-refractivity contribution in [2.45, 2.75) is 65.5 Å². The van der Waals surface area contributed by atoms with Crippen molar-refractivity contribution in [3.63, 3.8) is 0 Å². The van der Waals surface area contributed by atoms with Gasteiger partial charge in [-0.15, -0.1) is 0 Å². The molecule has 0 saturated carbocycles. The fourth-order valence-electron chi connectivity index (χ4n) is 4.42. The van der Waals surface area contributed by atoms with Crippen LogP contribution in [-0.4, -0.2) is 34.1 Å². The highest BCUT2D eigenvalue weighted by Gasteiger charge is 2.15. The third-order valence-electron chi connectivity index (χ3n) is 6.39. The van der Waals surface area contributed by atoms with Crippen molar-refractivity contribution < 1.29 is 4.74 Å². The quantitative estimate of drug-likeness (QED) is 0.438. The van der Waals surface area contributed by atoms with Gasteiger partial charge in [-0.3, -0.25) is 4.90 Å². The lowest BCUT2D eigenvalue weighted by Crippen LogP contribution is -2.26. The fourth-order valence-corrected chi connectivity index (χ4v) is 4.42. The summed E-state index contributed by atoms with van der Waals surface area (Å²) in [6.07, 6.45) is 7.51. The van der Waals surface area contributed by atoms with E-state index in [2.05, 4.69) is 65.8 Å². The highest BCUT2D eigenvalue weighted by Crippen LogP contribution is 2.22. The maximum Gasteiger partial charge on any atom is 0.124 e. The highest BCUT2D eigenvalue weighted by atomic mass is 16.5. The number of para-hydroxylation sites is 2. The monoisotopic (exact) mass is 405 g/mol. The number of aromatic nitrogens is 2. The Labute approximate surface area is 180 Å². The van der Waals surface area contributed by atoms with Crippen molar-refractivity contribution in [1.29, 1.82) is 0 Å². The number of aryl methyl sites for hydroxylation is 2. The summed E-state index contributed by atoms with van der Waals surface area (Å²) in [5.74, 6) is 2.23. The van der Waals surface area contributed by atoms with Crippen LogP contribution >= 0.6 is 0 Å². The highest BCUT2D eigenvalue weighted by molar-refractivity contribution is 5.75. The van der Waals surface area contributed by atoms with Gasteiger partial charge in [-0.05, 0) is 81.9 Å². The molecule has 0 spiro atoms. The Balaban J connectivity index is 1.38. The summed E-state index contributed by atoms with van der Waals surface area (Å²) in [6, 6.07) is 14.9. The minimum Gasteiger partial charge on any atom is -0.493 e. The minimum absolute atomic E-state index is 0.762. The molecule has 0 atom stereocenters. The maximum absolute atomic E-state index is 6.06. The molecule has 1 fully saturated rings. The van der Waals surface area contributed by atoms with E-state index in [-0.39, 0.29) is 0 Å². The number of rotatable bonds is 8. The van der Waals surface area contributed by atoms with Gasteiger partial charge in [0.05, 0.1) is 24.2 Å². The summed E-state index contributed by atoms with van der Waals surface area (Å²) in [5.41, 5.74) is 4.92. The molecule has 1 saturated heterocycles. The third-order valence-corrected chi connectivity index (χ3v) is 6.39. The average molecular weight is 406 g/mol. The molecule has 0 aliphatic carbocycles. The van der Waals surface area contributed by atoms with Gasteiger partial charge < -0.3 is 9.30 Å². The molecule has 0 unspecified atom stereocenters. The number of fused-ring (bicyclic) bond motifs is 1. The van der Waals surface area contributed by atoms with Crippen LogP contribution in [-0.2, 0) is 13.1 Å². The number of imidazole rings is 1. The smallest absolute Gasteiger partial charge is 0.124 e. The van der Waals surface area contributed by atoms with Crippen molar-refractivity contribution in [2.24, 2.45) is 0 Å². The molecule has 0 amide bonds. The van der Waals surface area contributed by atoms with Crippen LogP contribution in [0.2, 0.25) is 0 Å². The minimum atomic E-state index is 0.762. The normalized spacial score (nSPS) is 15.4. The molecule has 3 aromatic rings. The first-order chi connectivity index (χ1) is 14.7. The van der Waals surface area contributed by atoms with E-state index in [4.69, 9.17) is 9.72 Å². The Morgan fingerprint density at radius 1 is 0.900 bits per heavy atom. The van der Waals surface area contributed by atoms with E-state index in [9.17, 15) is 0 Å². The summed E-state index contributed by atoms with van der Waals surface area (Å²) >= 11 is 0. The molecule has 2 heterocycles. The Morgan fingerprint density at radius 2 is 1.70 bits per heavy atom. The summed E-state index contributed by atoms with van der Waals surface area (Å²) in [5, 5.41) is 0. The first kappa shape index (κ1) is 20.9. The number of nitrogens with zero attached hydrogens (tertiary/aromatic N) is 3. The number of ether oxygens (including phenoxy) is 1. The molecular weight excluding hydrogens is 370 g/mol. The average Bonchev–Trinajstić information content (AvgIpc) is 2.90. The summed E-state index contributed by atoms with van der Waals surface area (Å²) in [4.78, 5) is 7.59. The molecule has 0 bridgehead atoms. The Bertz CT molecular complexity index is 954. The first-order valence-corrected chi connectivity index (χ1v) is 11.6. The molecule has 1 aliphatic heterocycles. The SMILES string of the molecule is Cc1cccc(OCCCCn2c(CN3CCCCCC3)nc3ccccc32)c1C. The second kappa shape index (κ2) is 10.1. The van der Waals surface area contributed by atoms with Gasteiger partial charge in [0.25, 0.3) is 0 Å².